The van der Waals surface area contributed by atoms with E-state index in [1.807, 2.05) is 6.07 Å². The maximum absolute atomic E-state index is 13.0. The minimum absolute atomic E-state index is 0.108. The Hall–Kier alpha value is -1.18. The van der Waals surface area contributed by atoms with Crippen molar-refractivity contribution >= 4 is 6.29 Å². The Morgan fingerprint density at radius 1 is 1.33 bits per heavy atom. The van der Waals surface area contributed by atoms with Crippen LogP contribution < -0.4 is 0 Å². The summed E-state index contributed by atoms with van der Waals surface area (Å²) in [6.07, 6.45) is 5.57. The predicted octanol–water partition coefficient (Wildman–Crippen LogP) is 3.30. The van der Waals surface area contributed by atoms with Gasteiger partial charge in [0, 0.05) is 5.92 Å². The molecule has 2 heteroatoms. The third kappa shape index (κ3) is 2.25. The van der Waals surface area contributed by atoms with Gasteiger partial charge < -0.3 is 4.79 Å². The molecule has 1 aromatic carbocycles. The second-order valence-corrected chi connectivity index (χ2v) is 4.26. The van der Waals surface area contributed by atoms with E-state index < -0.39 is 0 Å². The Labute approximate surface area is 89.3 Å². The van der Waals surface area contributed by atoms with Crippen molar-refractivity contribution in [1.82, 2.24) is 0 Å². The highest BCUT2D eigenvalue weighted by Gasteiger charge is 2.25. The standard InChI is InChI=1S/C13H15FO/c14-12-7-3-6-11(8-12)13(9-15)10-4-1-2-5-10/h3,6-10,13H,1-2,4-5H2. The number of carbonyl (C=O) groups excluding carboxylic acids is 1. The zero-order chi connectivity index (χ0) is 10.7. The van der Waals surface area contributed by atoms with E-state index in [2.05, 4.69) is 0 Å². The van der Waals surface area contributed by atoms with Crippen LogP contribution >= 0.6 is 0 Å². The molecule has 0 aromatic heterocycles. The minimum Gasteiger partial charge on any atom is -0.303 e. The molecule has 0 bridgehead atoms. The van der Waals surface area contributed by atoms with Crippen molar-refractivity contribution < 1.29 is 9.18 Å². The molecule has 0 amide bonds. The molecule has 1 fully saturated rings. The largest absolute Gasteiger partial charge is 0.303 e. The Kier molecular flexibility index (Phi) is 3.14. The van der Waals surface area contributed by atoms with Crippen LogP contribution in [0.25, 0.3) is 0 Å². The highest BCUT2D eigenvalue weighted by Crippen LogP contribution is 2.36. The van der Waals surface area contributed by atoms with Crippen LogP contribution in [0, 0.1) is 11.7 Å². The molecule has 2 rings (SSSR count). The van der Waals surface area contributed by atoms with Gasteiger partial charge >= 0.3 is 0 Å². The molecule has 1 aliphatic rings. The summed E-state index contributed by atoms with van der Waals surface area (Å²) >= 11 is 0. The van der Waals surface area contributed by atoms with E-state index in [0.717, 1.165) is 24.7 Å². The van der Waals surface area contributed by atoms with Crippen LogP contribution in [0.4, 0.5) is 4.39 Å². The van der Waals surface area contributed by atoms with Crippen LogP contribution in [0.3, 0.4) is 0 Å². The van der Waals surface area contributed by atoms with Crippen molar-refractivity contribution in [3.63, 3.8) is 0 Å². The van der Waals surface area contributed by atoms with Gasteiger partial charge in [-0.05, 0) is 36.5 Å². The molecule has 15 heavy (non-hydrogen) atoms. The number of carbonyl (C=O) groups is 1. The molecule has 1 aromatic rings. The van der Waals surface area contributed by atoms with Crippen molar-refractivity contribution in [2.24, 2.45) is 5.92 Å². The lowest BCUT2D eigenvalue weighted by molar-refractivity contribution is -0.110. The van der Waals surface area contributed by atoms with Gasteiger partial charge in [-0.15, -0.1) is 0 Å². The van der Waals surface area contributed by atoms with Gasteiger partial charge in [-0.25, -0.2) is 4.39 Å². The first-order valence-electron chi connectivity index (χ1n) is 5.52. The number of halogens is 1. The average Bonchev–Trinajstić information content (AvgIpc) is 2.72. The lowest BCUT2D eigenvalue weighted by atomic mass is 9.86. The smallest absolute Gasteiger partial charge is 0.127 e. The number of aldehydes is 1. The molecule has 1 atom stereocenters. The Morgan fingerprint density at radius 3 is 2.67 bits per heavy atom. The van der Waals surface area contributed by atoms with Crippen LogP contribution in [0.15, 0.2) is 24.3 Å². The third-order valence-corrected chi connectivity index (χ3v) is 3.29. The molecule has 0 saturated heterocycles. The summed E-state index contributed by atoms with van der Waals surface area (Å²) in [5.41, 5.74) is 0.830. The van der Waals surface area contributed by atoms with Crippen LogP contribution in [-0.2, 0) is 4.79 Å². The van der Waals surface area contributed by atoms with Gasteiger partial charge in [0.1, 0.15) is 12.1 Å². The summed E-state index contributed by atoms with van der Waals surface area (Å²) in [5, 5.41) is 0. The van der Waals surface area contributed by atoms with E-state index in [1.54, 1.807) is 6.07 Å². The highest BCUT2D eigenvalue weighted by molar-refractivity contribution is 5.62. The van der Waals surface area contributed by atoms with Gasteiger partial charge in [0.05, 0.1) is 0 Å². The van der Waals surface area contributed by atoms with Crippen molar-refractivity contribution in [3.05, 3.63) is 35.6 Å². The number of hydrogen-bond donors (Lipinski definition) is 0. The fraction of sp³-hybridized carbons (Fsp3) is 0.462. The van der Waals surface area contributed by atoms with E-state index in [-0.39, 0.29) is 11.7 Å². The quantitative estimate of drug-likeness (QED) is 0.693. The summed E-state index contributed by atoms with van der Waals surface area (Å²) in [6, 6.07) is 6.42. The number of hydrogen-bond acceptors (Lipinski definition) is 1. The molecule has 0 spiro atoms. The lowest BCUT2D eigenvalue weighted by Gasteiger charge is -2.17. The number of benzene rings is 1. The highest BCUT2D eigenvalue weighted by atomic mass is 19.1. The summed E-state index contributed by atoms with van der Waals surface area (Å²) in [5.74, 6) is 0.0600. The number of rotatable bonds is 3. The first kappa shape index (κ1) is 10.3. The first-order chi connectivity index (χ1) is 7.31. The second kappa shape index (κ2) is 4.56. The molecule has 1 saturated carbocycles. The van der Waals surface area contributed by atoms with Gasteiger partial charge in [-0.3, -0.25) is 0 Å². The normalized spacial score (nSPS) is 19.0. The minimum atomic E-state index is -0.252. The third-order valence-electron chi connectivity index (χ3n) is 3.29. The summed E-state index contributed by atoms with van der Waals surface area (Å²) in [7, 11) is 0. The Balaban J connectivity index is 2.21. The van der Waals surface area contributed by atoms with Crippen LogP contribution in [0.5, 0.6) is 0 Å². The van der Waals surface area contributed by atoms with Crippen molar-refractivity contribution in [2.75, 3.05) is 0 Å². The Morgan fingerprint density at radius 2 is 2.07 bits per heavy atom. The predicted molar refractivity (Wildman–Crippen MR) is 57.2 cm³/mol. The average molecular weight is 206 g/mol. The maximum Gasteiger partial charge on any atom is 0.127 e. The van der Waals surface area contributed by atoms with Crippen LogP contribution in [-0.4, -0.2) is 6.29 Å². The van der Waals surface area contributed by atoms with Gasteiger partial charge in [0.15, 0.2) is 0 Å². The summed E-state index contributed by atoms with van der Waals surface area (Å²) < 4.78 is 13.0. The molecule has 0 heterocycles. The van der Waals surface area contributed by atoms with E-state index in [4.69, 9.17) is 0 Å². The molecular formula is C13H15FO. The molecule has 1 aliphatic carbocycles. The monoisotopic (exact) mass is 206 g/mol. The molecule has 1 unspecified atom stereocenters. The molecule has 80 valence electrons. The maximum atomic E-state index is 13.0. The van der Waals surface area contributed by atoms with E-state index >= 15 is 0 Å². The Bertz CT molecular complexity index is 342. The molecular weight excluding hydrogens is 191 g/mol. The van der Waals surface area contributed by atoms with E-state index in [0.29, 0.717) is 5.92 Å². The SMILES string of the molecule is O=CC(c1cccc(F)c1)C1CCCC1. The van der Waals surface area contributed by atoms with Crippen molar-refractivity contribution in [2.45, 2.75) is 31.6 Å². The zero-order valence-corrected chi connectivity index (χ0v) is 8.66. The van der Waals surface area contributed by atoms with E-state index in [1.165, 1.54) is 25.0 Å². The van der Waals surface area contributed by atoms with E-state index in [9.17, 15) is 9.18 Å². The fourth-order valence-electron chi connectivity index (χ4n) is 2.49. The fourth-order valence-corrected chi connectivity index (χ4v) is 2.49. The molecule has 0 radical (unpaired) electrons. The molecule has 0 N–H and O–H groups in total. The van der Waals surface area contributed by atoms with Crippen molar-refractivity contribution in [1.29, 1.82) is 0 Å². The first-order valence-corrected chi connectivity index (χ1v) is 5.52. The molecule has 0 aliphatic heterocycles. The summed E-state index contributed by atoms with van der Waals surface area (Å²) in [4.78, 5) is 11.1. The van der Waals surface area contributed by atoms with Gasteiger partial charge in [-0.1, -0.05) is 25.0 Å². The lowest BCUT2D eigenvalue weighted by Crippen LogP contribution is -2.11. The van der Waals surface area contributed by atoms with Crippen LogP contribution in [0.1, 0.15) is 37.2 Å². The second-order valence-electron chi connectivity index (χ2n) is 4.26. The molecule has 1 nitrogen and oxygen atoms in total. The van der Waals surface area contributed by atoms with Crippen LogP contribution in [0.2, 0.25) is 0 Å². The van der Waals surface area contributed by atoms with Gasteiger partial charge in [0.2, 0.25) is 0 Å². The van der Waals surface area contributed by atoms with Gasteiger partial charge in [-0.2, -0.15) is 0 Å². The zero-order valence-electron chi connectivity index (χ0n) is 8.66. The van der Waals surface area contributed by atoms with Gasteiger partial charge in [0.25, 0.3) is 0 Å². The van der Waals surface area contributed by atoms with Crippen molar-refractivity contribution in [3.8, 4) is 0 Å². The summed E-state index contributed by atoms with van der Waals surface area (Å²) in [6.45, 7) is 0. The topological polar surface area (TPSA) is 17.1 Å².